The summed E-state index contributed by atoms with van der Waals surface area (Å²) in [5.41, 5.74) is 2.95. The molecule has 1 atom stereocenters. The van der Waals surface area contributed by atoms with E-state index in [4.69, 9.17) is 4.74 Å². The van der Waals surface area contributed by atoms with E-state index >= 15 is 0 Å². The minimum atomic E-state index is -3.58. The van der Waals surface area contributed by atoms with Crippen molar-refractivity contribution in [2.45, 2.75) is 31.8 Å². The molecule has 6 nitrogen and oxygen atoms in total. The molecular weight excluding hydrogens is 390 g/mol. The number of ether oxygens (including phenoxy) is 1. The molecule has 29 heavy (non-hydrogen) atoms. The summed E-state index contributed by atoms with van der Waals surface area (Å²) in [7, 11) is -2.31. The normalized spacial score (nSPS) is 16.2. The van der Waals surface area contributed by atoms with Gasteiger partial charge in [-0.1, -0.05) is 54.6 Å². The molecular formula is C22H25NO5S. The van der Waals surface area contributed by atoms with E-state index in [0.29, 0.717) is 19.3 Å². The van der Waals surface area contributed by atoms with Gasteiger partial charge in [-0.05, 0) is 29.5 Å². The highest BCUT2D eigenvalue weighted by molar-refractivity contribution is 7.92. The summed E-state index contributed by atoms with van der Waals surface area (Å²) in [5, 5.41) is 0. The first-order valence-electron chi connectivity index (χ1n) is 9.58. The molecule has 0 spiro atoms. The Hall–Kier alpha value is -2.67. The van der Waals surface area contributed by atoms with Crippen molar-refractivity contribution in [3.05, 3.63) is 71.3 Å². The van der Waals surface area contributed by atoms with Gasteiger partial charge in [0, 0.05) is 13.0 Å². The van der Waals surface area contributed by atoms with Crippen molar-refractivity contribution >= 4 is 21.7 Å². The van der Waals surface area contributed by atoms with Crippen molar-refractivity contribution in [2.24, 2.45) is 0 Å². The first-order chi connectivity index (χ1) is 13.9. The summed E-state index contributed by atoms with van der Waals surface area (Å²) >= 11 is 0. The number of hydrogen-bond donors (Lipinski definition) is 0. The van der Waals surface area contributed by atoms with Gasteiger partial charge in [-0.25, -0.2) is 13.2 Å². The van der Waals surface area contributed by atoms with Crippen molar-refractivity contribution in [1.82, 2.24) is 4.90 Å². The Morgan fingerprint density at radius 1 is 1.03 bits per heavy atom. The Morgan fingerprint density at radius 2 is 1.69 bits per heavy atom. The second-order valence-electron chi connectivity index (χ2n) is 7.21. The van der Waals surface area contributed by atoms with Crippen molar-refractivity contribution < 1.29 is 22.7 Å². The van der Waals surface area contributed by atoms with Crippen LogP contribution >= 0.6 is 0 Å². The van der Waals surface area contributed by atoms with E-state index in [0.717, 1.165) is 16.7 Å². The number of nitrogens with zero attached hydrogens (tertiary/aromatic N) is 1. The van der Waals surface area contributed by atoms with E-state index in [1.807, 2.05) is 54.6 Å². The maximum absolute atomic E-state index is 12.8. The SMILES string of the molecule is COC(=O)[C@H]1Cc2ccccc2CN1C(=O)CS(=O)(=O)CCCc1ccccc1. The molecule has 0 N–H and O–H groups in total. The number of rotatable bonds is 7. The summed E-state index contributed by atoms with van der Waals surface area (Å²) in [5.74, 6) is -1.76. The molecule has 0 radical (unpaired) electrons. The van der Waals surface area contributed by atoms with Gasteiger partial charge >= 0.3 is 5.97 Å². The van der Waals surface area contributed by atoms with Gasteiger partial charge in [-0.15, -0.1) is 0 Å². The van der Waals surface area contributed by atoms with Crippen LogP contribution < -0.4 is 0 Å². The molecule has 2 aromatic carbocycles. The van der Waals surface area contributed by atoms with Crippen LogP contribution in [0.2, 0.25) is 0 Å². The maximum Gasteiger partial charge on any atom is 0.328 e. The zero-order valence-corrected chi connectivity index (χ0v) is 17.2. The van der Waals surface area contributed by atoms with Gasteiger partial charge in [0.05, 0.1) is 12.9 Å². The zero-order chi connectivity index (χ0) is 20.9. The molecule has 2 aromatic rings. The van der Waals surface area contributed by atoms with Gasteiger partial charge in [0.15, 0.2) is 9.84 Å². The van der Waals surface area contributed by atoms with Gasteiger partial charge in [-0.2, -0.15) is 0 Å². The predicted octanol–water partition coefficient (Wildman–Crippen LogP) is 2.16. The average molecular weight is 416 g/mol. The summed E-state index contributed by atoms with van der Waals surface area (Å²) < 4.78 is 29.9. The van der Waals surface area contributed by atoms with E-state index in [1.54, 1.807) is 0 Å². The van der Waals surface area contributed by atoms with E-state index in [9.17, 15) is 18.0 Å². The van der Waals surface area contributed by atoms with Crippen LogP contribution in [0.4, 0.5) is 0 Å². The van der Waals surface area contributed by atoms with Crippen LogP contribution in [0.25, 0.3) is 0 Å². The number of methoxy groups -OCH3 is 1. The first-order valence-corrected chi connectivity index (χ1v) is 11.4. The Morgan fingerprint density at radius 3 is 2.38 bits per heavy atom. The van der Waals surface area contributed by atoms with Gasteiger partial charge in [0.1, 0.15) is 11.8 Å². The van der Waals surface area contributed by atoms with Crippen LogP contribution in [0.1, 0.15) is 23.1 Å². The van der Waals surface area contributed by atoms with E-state index < -0.39 is 33.5 Å². The summed E-state index contributed by atoms with van der Waals surface area (Å²) in [4.78, 5) is 26.4. The quantitative estimate of drug-likeness (QED) is 0.648. The monoisotopic (exact) mass is 415 g/mol. The average Bonchev–Trinajstić information content (AvgIpc) is 2.72. The molecule has 0 saturated carbocycles. The molecule has 0 aromatic heterocycles. The highest BCUT2D eigenvalue weighted by atomic mass is 32.2. The van der Waals surface area contributed by atoms with Crippen molar-refractivity contribution in [2.75, 3.05) is 18.6 Å². The Balaban J connectivity index is 1.66. The first kappa shape index (κ1) is 21.0. The van der Waals surface area contributed by atoms with Crippen molar-refractivity contribution in [3.8, 4) is 0 Å². The standard InChI is InChI=1S/C22H25NO5S/c1-28-22(25)20-14-18-11-5-6-12-19(18)15-23(20)21(24)16-29(26,27)13-7-10-17-8-3-2-4-9-17/h2-6,8-9,11-12,20H,7,10,13-16H2,1H3/t20-/m1/s1. The molecule has 1 aliphatic heterocycles. The third-order valence-corrected chi connectivity index (χ3v) is 6.75. The van der Waals surface area contributed by atoms with Gasteiger partial charge in [0.2, 0.25) is 5.91 Å². The summed E-state index contributed by atoms with van der Waals surface area (Å²) in [6.07, 6.45) is 1.40. The topological polar surface area (TPSA) is 80.8 Å². The van der Waals surface area contributed by atoms with Crippen molar-refractivity contribution in [3.63, 3.8) is 0 Å². The van der Waals surface area contributed by atoms with Crippen LogP contribution in [-0.2, 0) is 43.5 Å². The number of sulfone groups is 1. The number of carbonyl (C=O) groups excluding carboxylic acids is 2. The summed E-state index contributed by atoms with van der Waals surface area (Å²) in [6.45, 7) is 0.203. The minimum absolute atomic E-state index is 0.0685. The Labute approximate surface area is 171 Å². The lowest BCUT2D eigenvalue weighted by molar-refractivity contribution is -0.153. The van der Waals surface area contributed by atoms with Crippen LogP contribution in [0.15, 0.2) is 54.6 Å². The number of amides is 1. The second kappa shape index (κ2) is 9.22. The lowest BCUT2D eigenvalue weighted by Gasteiger charge is -2.35. The smallest absolute Gasteiger partial charge is 0.328 e. The van der Waals surface area contributed by atoms with Crippen molar-refractivity contribution in [1.29, 1.82) is 0 Å². The molecule has 0 saturated heterocycles. The molecule has 1 aliphatic rings. The fourth-order valence-corrected chi connectivity index (χ4v) is 4.89. The van der Waals surface area contributed by atoms with Crippen LogP contribution in [0, 0.1) is 0 Å². The van der Waals surface area contributed by atoms with Gasteiger partial charge in [-0.3, -0.25) is 4.79 Å². The number of carbonyl (C=O) groups is 2. The van der Waals surface area contributed by atoms with E-state index in [-0.39, 0.29) is 12.3 Å². The number of fused-ring (bicyclic) bond motifs is 1. The maximum atomic E-state index is 12.8. The molecule has 0 fully saturated rings. The Kier molecular flexibility index (Phi) is 6.69. The van der Waals surface area contributed by atoms with Gasteiger partial charge < -0.3 is 9.64 Å². The van der Waals surface area contributed by atoms with Gasteiger partial charge in [0.25, 0.3) is 0 Å². The number of hydrogen-bond acceptors (Lipinski definition) is 5. The third-order valence-electron chi connectivity index (χ3n) is 5.15. The minimum Gasteiger partial charge on any atom is -0.467 e. The molecule has 1 heterocycles. The van der Waals surface area contributed by atoms with Crippen LogP contribution in [-0.4, -0.2) is 49.9 Å². The highest BCUT2D eigenvalue weighted by Crippen LogP contribution is 2.24. The fraction of sp³-hybridized carbons (Fsp3) is 0.364. The molecule has 1 amide bonds. The third kappa shape index (κ3) is 5.44. The molecule has 7 heteroatoms. The molecule has 0 unspecified atom stereocenters. The van der Waals surface area contributed by atoms with E-state index in [2.05, 4.69) is 0 Å². The highest BCUT2D eigenvalue weighted by Gasteiger charge is 2.36. The Bertz CT molecular complexity index is 972. The molecule has 154 valence electrons. The molecule has 0 bridgehead atoms. The number of esters is 1. The van der Waals surface area contributed by atoms with Crippen LogP contribution in [0.5, 0.6) is 0 Å². The predicted molar refractivity (Wildman–Crippen MR) is 110 cm³/mol. The fourth-order valence-electron chi connectivity index (χ4n) is 3.62. The number of aryl methyl sites for hydroxylation is 1. The lowest BCUT2D eigenvalue weighted by Crippen LogP contribution is -2.50. The zero-order valence-electron chi connectivity index (χ0n) is 16.4. The lowest BCUT2D eigenvalue weighted by atomic mass is 9.94. The van der Waals surface area contributed by atoms with Crippen LogP contribution in [0.3, 0.4) is 0 Å². The molecule has 0 aliphatic carbocycles. The summed E-state index contributed by atoms with van der Waals surface area (Å²) in [6, 6.07) is 16.4. The number of benzene rings is 2. The second-order valence-corrected chi connectivity index (χ2v) is 9.40. The molecule has 3 rings (SSSR count). The van der Waals surface area contributed by atoms with E-state index in [1.165, 1.54) is 12.0 Å². The largest absolute Gasteiger partial charge is 0.467 e.